The number of hydrogen-bond acceptors (Lipinski definition) is 10. The van der Waals surface area contributed by atoms with E-state index in [1.54, 1.807) is 50.8 Å². The van der Waals surface area contributed by atoms with Gasteiger partial charge >= 0.3 is 11.9 Å². The van der Waals surface area contributed by atoms with Crippen LogP contribution in [0.3, 0.4) is 0 Å². The Morgan fingerprint density at radius 1 is 0.867 bits per heavy atom. The molecule has 0 N–H and O–H groups in total. The Kier molecular flexibility index (Phi) is 10.5. The minimum absolute atomic E-state index is 0.254. The number of esters is 2. The molecule has 2 aromatic heterocycles. The molecular weight excluding hydrogens is 464 g/mol. The van der Waals surface area contributed by atoms with Gasteiger partial charge in [0, 0.05) is 24.8 Å². The molecule has 162 valence electrons. The molecule has 2 rings (SSSR count). The van der Waals surface area contributed by atoms with E-state index in [4.69, 9.17) is 33.9 Å². The van der Waals surface area contributed by atoms with Gasteiger partial charge < -0.3 is 9.47 Å². The highest BCUT2D eigenvalue weighted by atomic mass is 32.2. The number of carbonyl (C=O) groups excluding carboxylic acids is 2. The number of aromatic nitrogens is 4. The van der Waals surface area contributed by atoms with Gasteiger partial charge in [0.2, 0.25) is 0 Å². The van der Waals surface area contributed by atoms with Crippen molar-refractivity contribution in [2.45, 2.75) is 37.2 Å². The van der Waals surface area contributed by atoms with Crippen molar-refractivity contribution in [3.63, 3.8) is 0 Å². The van der Waals surface area contributed by atoms with Gasteiger partial charge in [0.05, 0.1) is 13.2 Å². The Morgan fingerprint density at radius 3 is 1.57 bits per heavy atom. The highest BCUT2D eigenvalue weighted by Gasteiger charge is 2.29. The van der Waals surface area contributed by atoms with E-state index in [9.17, 15) is 9.59 Å². The zero-order valence-corrected chi connectivity index (χ0v) is 19.8. The van der Waals surface area contributed by atoms with Crippen molar-refractivity contribution in [2.24, 2.45) is 0 Å². The van der Waals surface area contributed by atoms with E-state index < -0.39 is 10.5 Å². The predicted octanol–water partition coefficient (Wildman–Crippen LogP) is 3.16. The van der Waals surface area contributed by atoms with Gasteiger partial charge in [-0.05, 0) is 38.8 Å². The lowest BCUT2D eigenvalue weighted by molar-refractivity contribution is -0.144. The van der Waals surface area contributed by atoms with Gasteiger partial charge in [0.15, 0.2) is 8.64 Å². The van der Waals surface area contributed by atoms with E-state index in [0.717, 1.165) is 0 Å². The average molecular weight is 487 g/mol. The molecule has 0 aromatic carbocycles. The highest BCUT2D eigenvalue weighted by molar-refractivity contribution is 8.24. The fraction of sp³-hybridized carbons (Fsp3) is 0.444. The first-order valence-corrected chi connectivity index (χ1v) is 11.8. The lowest BCUT2D eigenvalue weighted by Crippen LogP contribution is -2.28. The van der Waals surface area contributed by atoms with Crippen LogP contribution in [0.4, 0.5) is 0 Å². The summed E-state index contributed by atoms with van der Waals surface area (Å²) >= 11 is 13.1. The summed E-state index contributed by atoms with van der Waals surface area (Å²) in [5, 5.41) is 7.00. The molecule has 0 bridgehead atoms. The summed E-state index contributed by atoms with van der Waals surface area (Å²) in [5.74, 6) is -0.779. The van der Waals surface area contributed by atoms with Crippen LogP contribution in [0.1, 0.15) is 26.7 Å². The van der Waals surface area contributed by atoms with Gasteiger partial charge in [-0.25, -0.2) is 9.36 Å². The first-order valence-electron chi connectivity index (χ1n) is 9.20. The molecule has 0 saturated heterocycles. The zero-order chi connectivity index (χ0) is 21.9. The van der Waals surface area contributed by atoms with Crippen molar-refractivity contribution in [1.82, 2.24) is 19.6 Å². The summed E-state index contributed by atoms with van der Waals surface area (Å²) in [5.41, 5.74) is 0. The van der Waals surface area contributed by atoms with Crippen LogP contribution in [-0.2, 0) is 19.1 Å². The third-order valence-electron chi connectivity index (χ3n) is 3.66. The number of rotatable bonds is 9. The summed E-state index contributed by atoms with van der Waals surface area (Å²) in [6, 6.07) is 3.49. The summed E-state index contributed by atoms with van der Waals surface area (Å²) in [6.45, 7) is 3.99. The van der Waals surface area contributed by atoms with Gasteiger partial charge in [0.25, 0.3) is 0 Å². The lowest BCUT2D eigenvalue weighted by Gasteiger charge is -2.19. The summed E-state index contributed by atoms with van der Waals surface area (Å²) < 4.78 is 14.2. The lowest BCUT2D eigenvalue weighted by atomic mass is 10.2. The average Bonchev–Trinajstić information content (AvgIpc) is 3.44. The molecule has 0 amide bonds. The molecule has 0 fully saturated rings. The number of nitrogens with zero attached hydrogens (tertiary/aromatic N) is 4. The molecule has 0 radical (unpaired) electrons. The molecule has 2 aromatic rings. The van der Waals surface area contributed by atoms with E-state index in [-0.39, 0.29) is 25.2 Å². The molecule has 8 nitrogen and oxygen atoms in total. The van der Waals surface area contributed by atoms with Crippen LogP contribution >= 0.6 is 48.0 Å². The van der Waals surface area contributed by atoms with Gasteiger partial charge in [-0.3, -0.25) is 9.59 Å². The topological polar surface area (TPSA) is 88.2 Å². The Balaban J connectivity index is 2.07. The van der Waals surface area contributed by atoms with Crippen LogP contribution < -0.4 is 0 Å². The van der Waals surface area contributed by atoms with E-state index in [1.807, 2.05) is 0 Å². The van der Waals surface area contributed by atoms with Crippen LogP contribution in [0.2, 0.25) is 0 Å². The predicted molar refractivity (Wildman–Crippen MR) is 126 cm³/mol. The van der Waals surface area contributed by atoms with Gasteiger partial charge in [-0.2, -0.15) is 10.2 Å². The minimum atomic E-state index is -0.586. The molecular formula is C18H22N4O4S4. The highest BCUT2D eigenvalue weighted by Crippen LogP contribution is 2.27. The second-order valence-corrected chi connectivity index (χ2v) is 9.40. The Bertz CT molecular complexity index is 772. The molecule has 0 aliphatic rings. The molecule has 0 aliphatic carbocycles. The smallest absolute Gasteiger partial charge is 0.319 e. The zero-order valence-electron chi connectivity index (χ0n) is 16.5. The van der Waals surface area contributed by atoms with Crippen molar-refractivity contribution >= 4 is 68.5 Å². The third-order valence-corrected chi connectivity index (χ3v) is 6.81. The maximum atomic E-state index is 12.5. The fourth-order valence-electron chi connectivity index (χ4n) is 2.33. The molecule has 2 atom stereocenters. The second kappa shape index (κ2) is 12.8. The maximum Gasteiger partial charge on any atom is 0.319 e. The van der Waals surface area contributed by atoms with Crippen molar-refractivity contribution in [2.75, 3.05) is 13.2 Å². The van der Waals surface area contributed by atoms with Crippen molar-refractivity contribution in [1.29, 1.82) is 0 Å². The van der Waals surface area contributed by atoms with Crippen molar-refractivity contribution < 1.29 is 19.1 Å². The number of carbonyl (C=O) groups is 2. The summed E-state index contributed by atoms with van der Waals surface area (Å²) in [4.78, 5) is 24.9. The van der Waals surface area contributed by atoms with Gasteiger partial charge in [-0.1, -0.05) is 48.0 Å². The SMILES string of the molecule is CCOC(=O)C(CCC(SC(=S)n1cccn1)C(=O)OCC)SC(=S)n1cccn1. The van der Waals surface area contributed by atoms with Crippen LogP contribution in [0.15, 0.2) is 36.9 Å². The van der Waals surface area contributed by atoms with Crippen LogP contribution in [0.25, 0.3) is 0 Å². The molecule has 0 spiro atoms. The molecule has 2 heterocycles. The van der Waals surface area contributed by atoms with Gasteiger partial charge in [0.1, 0.15) is 10.5 Å². The number of thiocarbonyl (C=S) groups is 2. The minimum Gasteiger partial charge on any atom is -0.465 e. The number of ether oxygens (including phenoxy) is 2. The second-order valence-electron chi connectivity index (χ2n) is 5.73. The van der Waals surface area contributed by atoms with Crippen molar-refractivity contribution in [3.8, 4) is 0 Å². The molecule has 0 saturated carbocycles. The maximum absolute atomic E-state index is 12.5. The first kappa shape index (κ1) is 24.5. The molecule has 30 heavy (non-hydrogen) atoms. The summed E-state index contributed by atoms with van der Waals surface area (Å²) in [6.07, 6.45) is 7.33. The monoisotopic (exact) mass is 486 g/mol. The standard InChI is InChI=1S/C18H22N4O4S4/c1-3-25-15(23)13(29-17(27)21-11-5-9-19-21)7-8-14(16(24)26-4-2)30-18(28)22-12-6-10-20-22/h5-6,9-14H,3-4,7-8H2,1-2H3. The third kappa shape index (κ3) is 7.49. The fourth-order valence-corrected chi connectivity index (χ4v) is 5.00. The molecule has 12 heteroatoms. The van der Waals surface area contributed by atoms with E-state index in [0.29, 0.717) is 21.5 Å². The Labute approximate surface area is 194 Å². The van der Waals surface area contributed by atoms with Crippen LogP contribution in [0, 0.1) is 0 Å². The van der Waals surface area contributed by atoms with E-state index >= 15 is 0 Å². The van der Waals surface area contributed by atoms with Crippen molar-refractivity contribution in [3.05, 3.63) is 36.9 Å². The Hall–Kier alpha value is -1.76. The van der Waals surface area contributed by atoms with Crippen LogP contribution in [-0.4, -0.2) is 63.9 Å². The normalized spacial score (nSPS) is 12.7. The van der Waals surface area contributed by atoms with Gasteiger partial charge in [-0.15, -0.1) is 0 Å². The van der Waals surface area contributed by atoms with E-state index in [1.165, 1.54) is 32.9 Å². The molecule has 0 aliphatic heterocycles. The molecule has 2 unspecified atom stereocenters. The van der Waals surface area contributed by atoms with Crippen LogP contribution in [0.5, 0.6) is 0 Å². The first-order chi connectivity index (χ1) is 14.5. The largest absolute Gasteiger partial charge is 0.465 e. The number of hydrogen-bond donors (Lipinski definition) is 0. The van der Waals surface area contributed by atoms with E-state index in [2.05, 4.69) is 10.2 Å². The number of thioether (sulfide) groups is 2. The quantitative estimate of drug-likeness (QED) is 0.389. The summed E-state index contributed by atoms with van der Waals surface area (Å²) in [7, 11) is 0. The Morgan fingerprint density at radius 2 is 1.27 bits per heavy atom.